The Kier molecular flexibility index (Phi) is 4.27. The van der Waals surface area contributed by atoms with Crippen molar-refractivity contribution in [2.24, 2.45) is 0 Å². The summed E-state index contributed by atoms with van der Waals surface area (Å²) in [5.41, 5.74) is 0.190. The molecule has 2 rings (SSSR count). The van der Waals surface area contributed by atoms with Crippen molar-refractivity contribution in [2.45, 2.75) is 25.3 Å². The van der Waals surface area contributed by atoms with E-state index in [-0.39, 0.29) is 15.7 Å². The molecular weight excluding hydrogens is 291 g/mol. The molecule has 1 atom stereocenters. The van der Waals surface area contributed by atoms with Gasteiger partial charge in [-0.25, -0.2) is 9.78 Å². The van der Waals surface area contributed by atoms with Crippen LogP contribution in [-0.2, 0) is 4.79 Å². The minimum absolute atomic E-state index is 0.150. The molecular formula is C12H12Cl2N2O3. The molecule has 0 aromatic carbocycles. The molecule has 1 aromatic heterocycles. The van der Waals surface area contributed by atoms with Crippen molar-refractivity contribution in [1.82, 2.24) is 9.88 Å². The Labute approximate surface area is 120 Å². The molecule has 0 spiro atoms. The third-order valence-electron chi connectivity index (χ3n) is 3.10. The zero-order chi connectivity index (χ0) is 14.0. The zero-order valence-corrected chi connectivity index (χ0v) is 11.5. The van der Waals surface area contributed by atoms with Gasteiger partial charge in [-0.2, -0.15) is 0 Å². The Morgan fingerprint density at radius 2 is 2.11 bits per heavy atom. The van der Waals surface area contributed by atoms with Gasteiger partial charge in [0.25, 0.3) is 5.91 Å². The fourth-order valence-electron chi connectivity index (χ4n) is 2.16. The van der Waals surface area contributed by atoms with Gasteiger partial charge < -0.3 is 10.0 Å². The largest absolute Gasteiger partial charge is 0.480 e. The monoisotopic (exact) mass is 302 g/mol. The predicted molar refractivity (Wildman–Crippen MR) is 70.6 cm³/mol. The van der Waals surface area contributed by atoms with Crippen LogP contribution in [0.5, 0.6) is 0 Å². The van der Waals surface area contributed by atoms with Crippen molar-refractivity contribution in [3.8, 4) is 0 Å². The molecule has 1 N–H and O–H groups in total. The third kappa shape index (κ3) is 2.98. The summed E-state index contributed by atoms with van der Waals surface area (Å²) in [6.07, 6.45) is 3.33. The van der Waals surface area contributed by atoms with Crippen LogP contribution in [0.1, 0.15) is 29.6 Å². The Morgan fingerprint density at radius 1 is 1.37 bits per heavy atom. The minimum Gasteiger partial charge on any atom is -0.480 e. The summed E-state index contributed by atoms with van der Waals surface area (Å²) in [5, 5.41) is 9.48. The highest BCUT2D eigenvalue weighted by atomic mass is 35.5. The summed E-state index contributed by atoms with van der Waals surface area (Å²) < 4.78 is 0. The molecule has 0 aliphatic carbocycles. The van der Waals surface area contributed by atoms with Crippen LogP contribution >= 0.6 is 23.2 Å². The molecule has 5 nitrogen and oxygen atoms in total. The first-order chi connectivity index (χ1) is 9.00. The normalized spacial score (nSPS) is 19.3. The summed E-state index contributed by atoms with van der Waals surface area (Å²) in [7, 11) is 0. The number of carbonyl (C=O) groups excluding carboxylic acids is 1. The summed E-state index contributed by atoms with van der Waals surface area (Å²) >= 11 is 11.7. The Hall–Kier alpha value is -1.33. The first kappa shape index (κ1) is 14.1. The molecule has 1 aromatic rings. The maximum atomic E-state index is 12.4. The number of hydrogen-bond acceptors (Lipinski definition) is 3. The van der Waals surface area contributed by atoms with Gasteiger partial charge in [0.05, 0.1) is 10.6 Å². The SMILES string of the molecule is O=C(O)[C@H]1CCCCN1C(=O)c1cc(Cl)ncc1Cl. The molecule has 1 amide bonds. The third-order valence-corrected chi connectivity index (χ3v) is 3.61. The fraction of sp³-hybridized carbons (Fsp3) is 0.417. The van der Waals surface area contributed by atoms with Crippen molar-refractivity contribution >= 4 is 35.1 Å². The first-order valence-electron chi connectivity index (χ1n) is 5.85. The molecule has 1 aliphatic rings. The van der Waals surface area contributed by atoms with E-state index in [0.29, 0.717) is 13.0 Å². The number of likely N-dealkylation sites (tertiary alicyclic amines) is 1. The topological polar surface area (TPSA) is 70.5 Å². The van der Waals surface area contributed by atoms with Crippen LogP contribution in [0.2, 0.25) is 10.2 Å². The van der Waals surface area contributed by atoms with Crippen molar-refractivity contribution in [3.63, 3.8) is 0 Å². The second-order valence-electron chi connectivity index (χ2n) is 4.34. The maximum absolute atomic E-state index is 12.4. The van der Waals surface area contributed by atoms with Gasteiger partial charge in [-0.3, -0.25) is 4.79 Å². The van der Waals surface area contributed by atoms with Crippen LogP contribution in [0.15, 0.2) is 12.3 Å². The Balaban J connectivity index is 2.31. The van der Waals surface area contributed by atoms with E-state index >= 15 is 0 Å². The number of aromatic nitrogens is 1. The average molecular weight is 303 g/mol. The lowest BCUT2D eigenvalue weighted by atomic mass is 10.0. The smallest absolute Gasteiger partial charge is 0.326 e. The van der Waals surface area contributed by atoms with E-state index in [4.69, 9.17) is 28.3 Å². The molecule has 102 valence electrons. The van der Waals surface area contributed by atoms with E-state index in [0.717, 1.165) is 12.8 Å². The summed E-state index contributed by atoms with van der Waals surface area (Å²) in [4.78, 5) is 28.7. The Morgan fingerprint density at radius 3 is 2.79 bits per heavy atom. The number of halogens is 2. The standard InChI is InChI=1S/C12H12Cl2N2O3/c13-8-6-15-10(14)5-7(8)11(17)16-4-2-1-3-9(16)12(18)19/h5-6,9H,1-4H2,(H,18,19)/t9-/m1/s1. The second-order valence-corrected chi connectivity index (χ2v) is 5.13. The molecule has 0 bridgehead atoms. The van der Waals surface area contributed by atoms with Gasteiger partial charge in [-0.15, -0.1) is 0 Å². The van der Waals surface area contributed by atoms with Crippen LogP contribution in [0, 0.1) is 0 Å². The molecule has 1 aliphatic heterocycles. The molecule has 19 heavy (non-hydrogen) atoms. The molecule has 0 unspecified atom stereocenters. The second kappa shape index (κ2) is 5.75. The van der Waals surface area contributed by atoms with Crippen molar-refractivity contribution in [3.05, 3.63) is 28.0 Å². The lowest BCUT2D eigenvalue weighted by molar-refractivity contribution is -0.143. The lowest BCUT2D eigenvalue weighted by Gasteiger charge is -2.33. The van der Waals surface area contributed by atoms with Crippen molar-refractivity contribution < 1.29 is 14.7 Å². The molecule has 1 saturated heterocycles. The molecule has 7 heteroatoms. The first-order valence-corrected chi connectivity index (χ1v) is 6.61. The summed E-state index contributed by atoms with van der Waals surface area (Å²) in [6, 6.07) is 0.559. The number of carboxylic acid groups (broad SMARTS) is 1. The highest BCUT2D eigenvalue weighted by Gasteiger charge is 2.33. The molecule has 1 fully saturated rings. The number of carbonyl (C=O) groups is 2. The van der Waals surface area contributed by atoms with Gasteiger partial charge in [0.1, 0.15) is 11.2 Å². The van der Waals surface area contributed by atoms with E-state index in [9.17, 15) is 9.59 Å². The number of rotatable bonds is 2. The quantitative estimate of drug-likeness (QED) is 0.852. The minimum atomic E-state index is -0.996. The predicted octanol–water partition coefficient (Wildman–Crippen LogP) is 2.47. The van der Waals surface area contributed by atoms with Gasteiger partial charge in [-0.05, 0) is 25.3 Å². The maximum Gasteiger partial charge on any atom is 0.326 e. The molecule has 2 heterocycles. The van der Waals surface area contributed by atoms with Crippen molar-refractivity contribution in [1.29, 1.82) is 0 Å². The molecule has 0 radical (unpaired) electrons. The fourth-order valence-corrected chi connectivity index (χ4v) is 2.51. The number of piperidine rings is 1. The zero-order valence-electron chi connectivity index (χ0n) is 9.97. The number of carboxylic acids is 1. The highest BCUT2D eigenvalue weighted by Crippen LogP contribution is 2.24. The van der Waals surface area contributed by atoms with E-state index in [1.165, 1.54) is 17.2 Å². The van der Waals surface area contributed by atoms with Crippen LogP contribution in [0.4, 0.5) is 0 Å². The van der Waals surface area contributed by atoms with Gasteiger partial charge in [0.15, 0.2) is 0 Å². The van der Waals surface area contributed by atoms with Gasteiger partial charge in [0, 0.05) is 12.7 Å². The van der Waals surface area contributed by atoms with Crippen LogP contribution < -0.4 is 0 Å². The van der Waals surface area contributed by atoms with Gasteiger partial charge in [-0.1, -0.05) is 23.2 Å². The van der Waals surface area contributed by atoms with Gasteiger partial charge in [0.2, 0.25) is 0 Å². The van der Waals surface area contributed by atoms with E-state index in [1.807, 2.05) is 0 Å². The highest BCUT2D eigenvalue weighted by molar-refractivity contribution is 6.35. The number of nitrogens with zero attached hydrogens (tertiary/aromatic N) is 2. The lowest BCUT2D eigenvalue weighted by Crippen LogP contribution is -2.48. The van der Waals surface area contributed by atoms with Crippen LogP contribution in [0.3, 0.4) is 0 Å². The number of amides is 1. The molecule has 0 saturated carbocycles. The van der Waals surface area contributed by atoms with E-state index in [2.05, 4.69) is 4.98 Å². The number of aliphatic carboxylic acids is 1. The van der Waals surface area contributed by atoms with E-state index in [1.54, 1.807) is 0 Å². The van der Waals surface area contributed by atoms with Crippen LogP contribution in [0.25, 0.3) is 0 Å². The summed E-state index contributed by atoms with van der Waals surface area (Å²) in [5.74, 6) is -1.41. The Bertz CT molecular complexity index is 522. The van der Waals surface area contributed by atoms with Gasteiger partial charge >= 0.3 is 5.97 Å². The van der Waals surface area contributed by atoms with Crippen molar-refractivity contribution in [2.75, 3.05) is 6.54 Å². The van der Waals surface area contributed by atoms with Crippen LogP contribution in [-0.4, -0.2) is 39.5 Å². The van der Waals surface area contributed by atoms with E-state index < -0.39 is 17.9 Å². The number of pyridine rings is 1. The summed E-state index contributed by atoms with van der Waals surface area (Å²) in [6.45, 7) is 0.409. The average Bonchev–Trinajstić information content (AvgIpc) is 2.40. The number of hydrogen-bond donors (Lipinski definition) is 1.